The maximum Gasteiger partial charge on any atom is 0.325 e. The van der Waals surface area contributed by atoms with E-state index in [1.54, 1.807) is 18.0 Å². The largest absolute Gasteiger partial charge is 0.465 e. The predicted molar refractivity (Wildman–Crippen MR) is 113 cm³/mol. The molecule has 0 aliphatic carbocycles. The lowest BCUT2D eigenvalue weighted by Crippen LogP contribution is -2.35. The number of ether oxygens (including phenoxy) is 1. The summed E-state index contributed by atoms with van der Waals surface area (Å²) in [4.78, 5) is 18.5. The topological polar surface area (TPSA) is 67.6 Å². The van der Waals surface area contributed by atoms with Gasteiger partial charge in [-0.1, -0.05) is 36.4 Å². The van der Waals surface area contributed by atoms with Crippen LogP contribution in [0.25, 0.3) is 11.3 Å². The highest BCUT2D eigenvalue weighted by Crippen LogP contribution is 2.40. The van der Waals surface area contributed by atoms with Gasteiger partial charge >= 0.3 is 5.97 Å². The fraction of sp³-hybridized carbons (Fsp3) is 0.227. The lowest BCUT2D eigenvalue weighted by atomic mass is 10.0. The van der Waals surface area contributed by atoms with Gasteiger partial charge in [-0.2, -0.15) is 0 Å². The third-order valence-electron chi connectivity index (χ3n) is 4.78. The lowest BCUT2D eigenvalue weighted by molar-refractivity contribution is -0.143. The van der Waals surface area contributed by atoms with Crippen molar-refractivity contribution in [3.8, 4) is 11.3 Å². The van der Waals surface area contributed by atoms with Crippen molar-refractivity contribution in [3.63, 3.8) is 0 Å². The molecule has 1 aliphatic heterocycles. The molecule has 1 N–H and O–H groups in total. The number of carbonyl (C=O) groups excluding carboxylic acids is 1. The molecule has 4 rings (SSSR count). The van der Waals surface area contributed by atoms with Crippen LogP contribution >= 0.6 is 12.2 Å². The summed E-state index contributed by atoms with van der Waals surface area (Å²) in [5, 5.41) is 3.76. The Labute approximate surface area is 174 Å². The van der Waals surface area contributed by atoms with E-state index in [0.717, 1.165) is 17.0 Å². The van der Waals surface area contributed by atoms with Crippen molar-refractivity contribution in [2.24, 2.45) is 0 Å². The molecule has 2 aromatic heterocycles. The minimum Gasteiger partial charge on any atom is -0.465 e. The summed E-state index contributed by atoms with van der Waals surface area (Å²) in [6.45, 7) is 2.14. The molecule has 148 valence electrons. The number of hydrogen-bond acceptors (Lipinski definition) is 5. The zero-order chi connectivity index (χ0) is 20.2. The highest BCUT2D eigenvalue weighted by atomic mass is 32.1. The standard InChI is InChI=1S/C22H21N3O3S/c1-2-27-19(26)14-25-21(20(24-22(25)29)16-10-6-7-13-23-16)18-12-11-17(28-18)15-8-4-3-5-9-15/h3-13,20-21H,2,14H2,1H3,(H,24,29)/t20-,21+/m0/s1. The summed E-state index contributed by atoms with van der Waals surface area (Å²) in [7, 11) is 0. The van der Waals surface area contributed by atoms with Crippen molar-refractivity contribution in [2.45, 2.75) is 19.0 Å². The third-order valence-corrected chi connectivity index (χ3v) is 5.13. The second kappa shape index (κ2) is 8.45. The van der Waals surface area contributed by atoms with Gasteiger partial charge < -0.3 is 19.4 Å². The van der Waals surface area contributed by atoms with E-state index in [1.807, 2.05) is 60.7 Å². The molecule has 1 aromatic carbocycles. The van der Waals surface area contributed by atoms with Crippen LogP contribution in [0.15, 0.2) is 71.3 Å². The third kappa shape index (κ3) is 4.00. The first-order chi connectivity index (χ1) is 14.2. The van der Waals surface area contributed by atoms with Crippen LogP contribution in [0.2, 0.25) is 0 Å². The monoisotopic (exact) mass is 407 g/mol. The van der Waals surface area contributed by atoms with Crippen LogP contribution in [0.1, 0.15) is 30.5 Å². The molecule has 0 unspecified atom stereocenters. The normalized spacial score (nSPS) is 18.5. The van der Waals surface area contributed by atoms with Gasteiger partial charge in [-0.3, -0.25) is 9.78 Å². The lowest BCUT2D eigenvalue weighted by Gasteiger charge is -2.25. The van der Waals surface area contributed by atoms with Crippen LogP contribution in [0, 0.1) is 0 Å². The number of carbonyl (C=O) groups is 1. The molecular formula is C22H21N3O3S. The number of esters is 1. The number of hydrogen-bond donors (Lipinski definition) is 1. The molecule has 1 saturated heterocycles. The number of nitrogens with zero attached hydrogens (tertiary/aromatic N) is 2. The molecule has 1 fully saturated rings. The van der Waals surface area contributed by atoms with Gasteiger partial charge in [0.05, 0.1) is 18.3 Å². The Kier molecular flexibility index (Phi) is 5.57. The van der Waals surface area contributed by atoms with Crippen LogP contribution in [0.4, 0.5) is 0 Å². The van der Waals surface area contributed by atoms with Gasteiger partial charge in [0, 0.05) is 11.8 Å². The van der Waals surface area contributed by atoms with Gasteiger partial charge in [0.2, 0.25) is 0 Å². The van der Waals surface area contributed by atoms with E-state index < -0.39 is 0 Å². The average Bonchev–Trinajstić information content (AvgIpc) is 3.35. The molecule has 29 heavy (non-hydrogen) atoms. The number of furan rings is 1. The maximum atomic E-state index is 12.2. The van der Waals surface area contributed by atoms with Crippen LogP contribution in [-0.4, -0.2) is 34.1 Å². The van der Waals surface area contributed by atoms with Crippen LogP contribution in [0.3, 0.4) is 0 Å². The highest BCUT2D eigenvalue weighted by Gasteiger charge is 2.42. The summed E-state index contributed by atoms with van der Waals surface area (Å²) in [5.74, 6) is 1.13. The molecule has 0 bridgehead atoms. The van der Waals surface area contributed by atoms with Gasteiger partial charge in [-0.05, 0) is 43.4 Å². The van der Waals surface area contributed by atoms with Crippen molar-refractivity contribution in [2.75, 3.05) is 13.2 Å². The smallest absolute Gasteiger partial charge is 0.325 e. The first kappa shape index (κ1) is 19.1. The van der Waals surface area contributed by atoms with E-state index in [1.165, 1.54) is 0 Å². The quantitative estimate of drug-likeness (QED) is 0.491. The summed E-state index contributed by atoms with van der Waals surface area (Å²) in [6.07, 6.45) is 1.74. The van der Waals surface area contributed by atoms with E-state index in [-0.39, 0.29) is 24.6 Å². The average molecular weight is 407 g/mol. The van der Waals surface area contributed by atoms with Crippen LogP contribution < -0.4 is 5.32 Å². The van der Waals surface area contributed by atoms with Crippen LogP contribution in [-0.2, 0) is 9.53 Å². The molecule has 0 spiro atoms. The summed E-state index contributed by atoms with van der Waals surface area (Å²) in [5.41, 5.74) is 1.81. The molecule has 0 saturated carbocycles. The molecule has 1 aliphatic rings. The molecule has 3 aromatic rings. The van der Waals surface area contributed by atoms with Gasteiger partial charge in [0.15, 0.2) is 5.11 Å². The molecule has 0 radical (unpaired) electrons. The zero-order valence-electron chi connectivity index (χ0n) is 15.9. The number of benzene rings is 1. The van der Waals surface area contributed by atoms with Crippen molar-refractivity contribution in [1.29, 1.82) is 0 Å². The maximum absolute atomic E-state index is 12.2. The van der Waals surface area contributed by atoms with E-state index in [9.17, 15) is 4.79 Å². The summed E-state index contributed by atoms with van der Waals surface area (Å²) < 4.78 is 11.3. The first-order valence-corrected chi connectivity index (χ1v) is 9.87. The van der Waals surface area contributed by atoms with Gasteiger partial charge in [-0.15, -0.1) is 0 Å². The number of pyridine rings is 1. The van der Waals surface area contributed by atoms with Crippen molar-refractivity contribution < 1.29 is 13.9 Å². The number of nitrogens with one attached hydrogen (secondary N) is 1. The van der Waals surface area contributed by atoms with E-state index in [0.29, 0.717) is 17.5 Å². The second-order valence-electron chi connectivity index (χ2n) is 6.63. The van der Waals surface area contributed by atoms with Crippen molar-refractivity contribution >= 4 is 23.3 Å². The molecular weight excluding hydrogens is 386 g/mol. The Bertz CT molecular complexity index is 991. The number of rotatable bonds is 6. The minimum absolute atomic E-state index is 0.0367. The van der Waals surface area contributed by atoms with Crippen molar-refractivity contribution in [3.05, 3.63) is 78.3 Å². The molecule has 2 atom stereocenters. The van der Waals surface area contributed by atoms with E-state index in [2.05, 4.69) is 10.3 Å². The fourth-order valence-electron chi connectivity index (χ4n) is 3.50. The van der Waals surface area contributed by atoms with Gasteiger partial charge in [0.1, 0.15) is 24.1 Å². The second-order valence-corrected chi connectivity index (χ2v) is 7.01. The SMILES string of the molecule is CCOC(=O)CN1C(=S)N[C@@H](c2ccccn2)[C@H]1c1ccc(-c2ccccc2)o1. The van der Waals surface area contributed by atoms with Crippen LogP contribution in [0.5, 0.6) is 0 Å². The molecule has 3 heterocycles. The highest BCUT2D eigenvalue weighted by molar-refractivity contribution is 7.80. The number of thiocarbonyl (C=S) groups is 1. The Hall–Kier alpha value is -3.19. The Morgan fingerprint density at radius 3 is 2.69 bits per heavy atom. The molecule has 7 heteroatoms. The Balaban J connectivity index is 1.70. The van der Waals surface area contributed by atoms with E-state index >= 15 is 0 Å². The number of aromatic nitrogens is 1. The van der Waals surface area contributed by atoms with Crippen molar-refractivity contribution in [1.82, 2.24) is 15.2 Å². The fourth-order valence-corrected chi connectivity index (χ4v) is 3.80. The Morgan fingerprint density at radius 2 is 1.97 bits per heavy atom. The summed E-state index contributed by atoms with van der Waals surface area (Å²) >= 11 is 5.54. The molecule has 6 nitrogen and oxygen atoms in total. The molecule has 0 amide bonds. The zero-order valence-corrected chi connectivity index (χ0v) is 16.8. The van der Waals surface area contributed by atoms with Gasteiger partial charge in [-0.25, -0.2) is 0 Å². The summed E-state index contributed by atoms with van der Waals surface area (Å²) in [6, 6.07) is 18.9. The first-order valence-electron chi connectivity index (χ1n) is 9.46. The minimum atomic E-state index is -0.335. The Morgan fingerprint density at radius 1 is 1.17 bits per heavy atom. The van der Waals surface area contributed by atoms with Gasteiger partial charge in [0.25, 0.3) is 0 Å². The van der Waals surface area contributed by atoms with E-state index in [4.69, 9.17) is 21.4 Å². The predicted octanol–water partition coefficient (Wildman–Crippen LogP) is 3.88.